The molecule has 0 spiro atoms. The van der Waals surface area contributed by atoms with Crippen molar-refractivity contribution in [1.29, 1.82) is 0 Å². The van der Waals surface area contributed by atoms with E-state index in [-0.39, 0.29) is 28.6 Å². The topological polar surface area (TPSA) is 75.6 Å². The number of amides is 1. The number of carbonyl (C=O) groups excluding carboxylic acids is 1. The van der Waals surface area contributed by atoms with Crippen LogP contribution in [-0.2, 0) is 14.3 Å². The van der Waals surface area contributed by atoms with Crippen LogP contribution < -0.4 is 5.32 Å². The van der Waals surface area contributed by atoms with Crippen molar-refractivity contribution >= 4 is 40.8 Å². The molecule has 1 fully saturated rings. The average Bonchev–Trinajstić information content (AvgIpc) is 2.83. The summed E-state index contributed by atoms with van der Waals surface area (Å²) < 4.78 is 18.1. The summed E-state index contributed by atoms with van der Waals surface area (Å²) in [5.41, 5.74) is 0.0714. The molecule has 5 nitrogen and oxygen atoms in total. The molecule has 2 rings (SSSR count). The van der Waals surface area contributed by atoms with Crippen LogP contribution in [0.1, 0.15) is 12.8 Å². The van der Waals surface area contributed by atoms with Crippen molar-refractivity contribution in [1.82, 2.24) is 0 Å². The third-order valence-corrected chi connectivity index (χ3v) is 3.44. The maximum atomic E-state index is 13.0. The molecule has 1 aliphatic rings. The van der Waals surface area contributed by atoms with Crippen LogP contribution in [0.5, 0.6) is 0 Å². The first-order valence-electron chi connectivity index (χ1n) is 5.72. The lowest BCUT2D eigenvalue weighted by molar-refractivity contribution is -0.150. The van der Waals surface area contributed by atoms with E-state index in [1.54, 1.807) is 0 Å². The molecule has 0 saturated carbocycles. The van der Waals surface area contributed by atoms with Gasteiger partial charge in [-0.3, -0.25) is 4.79 Å². The Morgan fingerprint density at radius 1 is 1.25 bits per heavy atom. The molecule has 2 N–H and O–H groups in total. The number of benzene rings is 1. The highest BCUT2D eigenvalue weighted by Crippen LogP contribution is 2.32. The lowest BCUT2D eigenvalue weighted by Crippen LogP contribution is -2.30. The maximum Gasteiger partial charge on any atom is 0.332 e. The quantitative estimate of drug-likeness (QED) is 0.897. The Hall–Kier alpha value is -1.37. The highest BCUT2D eigenvalue weighted by molar-refractivity contribution is 6.39. The summed E-state index contributed by atoms with van der Waals surface area (Å²) in [6.07, 6.45) is -1.37. The van der Waals surface area contributed by atoms with Crippen molar-refractivity contribution in [3.8, 4) is 0 Å². The predicted molar refractivity (Wildman–Crippen MR) is 70.6 cm³/mol. The monoisotopic (exact) mass is 321 g/mol. The third kappa shape index (κ3) is 3.20. The molecule has 0 aliphatic carbocycles. The molecule has 0 radical (unpaired) electrons. The SMILES string of the molecule is O=C(O)C1CCC(C(=O)Nc2c(Cl)cc(F)cc2Cl)O1. The Bertz CT molecular complexity index is 543. The highest BCUT2D eigenvalue weighted by Gasteiger charge is 2.35. The molecule has 108 valence electrons. The van der Waals surface area contributed by atoms with Gasteiger partial charge in [-0.25, -0.2) is 9.18 Å². The number of hydrogen-bond donors (Lipinski definition) is 2. The fourth-order valence-corrected chi connectivity index (χ4v) is 2.43. The van der Waals surface area contributed by atoms with Gasteiger partial charge in [0.05, 0.1) is 15.7 Å². The minimum absolute atomic E-state index is 0.0452. The van der Waals surface area contributed by atoms with Gasteiger partial charge in [-0.05, 0) is 25.0 Å². The fourth-order valence-electron chi connectivity index (χ4n) is 1.88. The number of anilines is 1. The van der Waals surface area contributed by atoms with Gasteiger partial charge in [-0.15, -0.1) is 0 Å². The zero-order valence-corrected chi connectivity index (χ0v) is 11.5. The van der Waals surface area contributed by atoms with Crippen LogP contribution in [0.25, 0.3) is 0 Å². The zero-order chi connectivity index (χ0) is 14.9. The van der Waals surface area contributed by atoms with E-state index in [2.05, 4.69) is 5.32 Å². The van der Waals surface area contributed by atoms with Crippen molar-refractivity contribution in [2.24, 2.45) is 0 Å². The van der Waals surface area contributed by atoms with Gasteiger partial charge >= 0.3 is 5.97 Å². The summed E-state index contributed by atoms with van der Waals surface area (Å²) in [5.74, 6) is -2.30. The normalized spacial score (nSPS) is 21.8. The van der Waals surface area contributed by atoms with Gasteiger partial charge in [0.25, 0.3) is 5.91 Å². The molecule has 1 aromatic rings. The fraction of sp³-hybridized carbons (Fsp3) is 0.333. The molecule has 2 unspecified atom stereocenters. The first-order chi connectivity index (χ1) is 9.38. The van der Waals surface area contributed by atoms with Gasteiger partial charge < -0.3 is 15.2 Å². The van der Waals surface area contributed by atoms with Gasteiger partial charge in [0.2, 0.25) is 0 Å². The molecule has 20 heavy (non-hydrogen) atoms. The predicted octanol–water partition coefficient (Wildman–Crippen LogP) is 2.70. The van der Waals surface area contributed by atoms with E-state index < -0.39 is 29.9 Å². The molecular weight excluding hydrogens is 312 g/mol. The number of hydrogen-bond acceptors (Lipinski definition) is 3. The number of carboxylic acids is 1. The minimum atomic E-state index is -1.11. The Balaban J connectivity index is 2.08. The van der Waals surface area contributed by atoms with Gasteiger partial charge in [-0.2, -0.15) is 0 Å². The van der Waals surface area contributed by atoms with Crippen molar-refractivity contribution in [3.05, 3.63) is 28.0 Å². The third-order valence-electron chi connectivity index (χ3n) is 2.84. The van der Waals surface area contributed by atoms with Gasteiger partial charge in [0.1, 0.15) is 11.9 Å². The lowest BCUT2D eigenvalue weighted by Gasteiger charge is -2.13. The van der Waals surface area contributed by atoms with Crippen molar-refractivity contribution in [2.75, 3.05) is 5.32 Å². The van der Waals surface area contributed by atoms with E-state index in [9.17, 15) is 14.0 Å². The largest absolute Gasteiger partial charge is 0.479 e. The summed E-state index contributed by atoms with van der Waals surface area (Å²) in [7, 11) is 0. The number of halogens is 3. The van der Waals surface area contributed by atoms with Gasteiger partial charge in [-0.1, -0.05) is 23.2 Å². The molecule has 2 atom stereocenters. The van der Waals surface area contributed by atoms with Crippen LogP contribution in [-0.4, -0.2) is 29.2 Å². The number of carbonyl (C=O) groups is 2. The molecule has 1 aliphatic heterocycles. The van der Waals surface area contributed by atoms with Crippen LogP contribution in [0.15, 0.2) is 12.1 Å². The number of aliphatic carboxylic acids is 1. The second kappa shape index (κ2) is 5.95. The first-order valence-corrected chi connectivity index (χ1v) is 6.47. The Kier molecular flexibility index (Phi) is 4.47. The molecule has 1 heterocycles. The van der Waals surface area contributed by atoms with E-state index in [0.717, 1.165) is 12.1 Å². The van der Waals surface area contributed by atoms with Gasteiger partial charge in [0.15, 0.2) is 6.10 Å². The first kappa shape index (κ1) is 15.0. The molecule has 0 bridgehead atoms. The van der Waals surface area contributed by atoms with Crippen LogP contribution in [0.3, 0.4) is 0 Å². The standard InChI is InChI=1S/C12H10Cl2FNO4/c13-6-3-5(15)4-7(14)10(6)16-11(17)8-1-2-9(20-8)12(18)19/h3-4,8-9H,1-2H2,(H,16,17)(H,18,19). The summed E-state index contributed by atoms with van der Waals surface area (Å²) in [4.78, 5) is 22.7. The Morgan fingerprint density at radius 2 is 1.80 bits per heavy atom. The second-order valence-corrected chi connectivity index (χ2v) is 5.08. The van der Waals surface area contributed by atoms with Crippen LogP contribution >= 0.6 is 23.2 Å². The second-order valence-electron chi connectivity index (χ2n) is 4.26. The summed E-state index contributed by atoms with van der Waals surface area (Å²) >= 11 is 11.6. The molecule has 0 aromatic heterocycles. The number of rotatable bonds is 3. The van der Waals surface area contributed by atoms with Crippen molar-refractivity contribution in [2.45, 2.75) is 25.0 Å². The smallest absolute Gasteiger partial charge is 0.332 e. The number of nitrogens with one attached hydrogen (secondary N) is 1. The van der Waals surface area contributed by atoms with E-state index in [1.165, 1.54) is 0 Å². The van der Waals surface area contributed by atoms with Gasteiger partial charge in [0, 0.05) is 0 Å². The molecule has 1 amide bonds. The molecule has 1 aromatic carbocycles. The van der Waals surface area contributed by atoms with Crippen LogP contribution in [0.4, 0.5) is 10.1 Å². The molecule has 1 saturated heterocycles. The van der Waals surface area contributed by atoms with Crippen LogP contribution in [0, 0.1) is 5.82 Å². The highest BCUT2D eigenvalue weighted by atomic mass is 35.5. The summed E-state index contributed by atoms with van der Waals surface area (Å²) in [6, 6.07) is 2.03. The van der Waals surface area contributed by atoms with E-state index in [0.29, 0.717) is 0 Å². The van der Waals surface area contributed by atoms with E-state index in [1.807, 2.05) is 0 Å². The Morgan fingerprint density at radius 3 is 2.30 bits per heavy atom. The maximum absolute atomic E-state index is 13.0. The minimum Gasteiger partial charge on any atom is -0.479 e. The average molecular weight is 322 g/mol. The summed E-state index contributed by atoms with van der Waals surface area (Å²) in [5, 5.41) is 11.1. The van der Waals surface area contributed by atoms with E-state index in [4.69, 9.17) is 33.0 Å². The summed E-state index contributed by atoms with van der Waals surface area (Å²) in [6.45, 7) is 0. The van der Waals surface area contributed by atoms with Crippen molar-refractivity contribution in [3.63, 3.8) is 0 Å². The molecular formula is C12H10Cl2FNO4. The number of ether oxygens (including phenoxy) is 1. The van der Waals surface area contributed by atoms with E-state index >= 15 is 0 Å². The van der Waals surface area contributed by atoms with Crippen molar-refractivity contribution < 1.29 is 23.8 Å². The zero-order valence-electron chi connectivity index (χ0n) is 10.0. The number of carboxylic acid groups (broad SMARTS) is 1. The lowest BCUT2D eigenvalue weighted by atomic mass is 10.2. The molecule has 8 heteroatoms. The van der Waals surface area contributed by atoms with Crippen LogP contribution in [0.2, 0.25) is 10.0 Å². The Labute approximate surface area is 123 Å².